The lowest BCUT2D eigenvalue weighted by Gasteiger charge is -2.17. The van der Waals surface area contributed by atoms with Crippen LogP contribution in [0, 0.1) is 11.8 Å². The van der Waals surface area contributed by atoms with Crippen molar-refractivity contribution < 1.29 is 9.52 Å². The summed E-state index contributed by atoms with van der Waals surface area (Å²) in [5.41, 5.74) is 0.975. The number of hydrogen-bond acceptors (Lipinski definition) is 4. The van der Waals surface area contributed by atoms with Gasteiger partial charge in [-0.3, -0.25) is 4.90 Å². The van der Waals surface area contributed by atoms with E-state index in [2.05, 4.69) is 29.7 Å². The third-order valence-electron chi connectivity index (χ3n) is 2.75. The number of rotatable bonds is 5. The van der Waals surface area contributed by atoms with Crippen LogP contribution in [0.1, 0.15) is 23.1 Å². The molecule has 2 aromatic rings. The summed E-state index contributed by atoms with van der Waals surface area (Å²) in [7, 11) is 0. The third kappa shape index (κ3) is 4.25. The van der Waals surface area contributed by atoms with Crippen molar-refractivity contribution in [2.75, 3.05) is 13.2 Å². The first-order valence-electron chi connectivity index (χ1n) is 6.23. The molecule has 0 atom stereocenters. The monoisotopic (exact) mass is 275 g/mol. The van der Waals surface area contributed by atoms with Crippen molar-refractivity contribution in [2.45, 2.75) is 20.0 Å². The first-order valence-corrected chi connectivity index (χ1v) is 7.11. The van der Waals surface area contributed by atoms with E-state index in [0.29, 0.717) is 0 Å². The van der Waals surface area contributed by atoms with E-state index in [-0.39, 0.29) is 6.61 Å². The molecule has 4 heteroatoms. The number of aliphatic hydroxyl groups excluding tert-OH is 1. The van der Waals surface area contributed by atoms with Crippen molar-refractivity contribution in [1.82, 2.24) is 4.90 Å². The lowest BCUT2D eigenvalue weighted by Crippen LogP contribution is -2.21. The van der Waals surface area contributed by atoms with Gasteiger partial charge in [-0.1, -0.05) is 18.8 Å². The fraction of sp³-hybridized carbons (Fsp3) is 0.333. The summed E-state index contributed by atoms with van der Waals surface area (Å²) in [5, 5.41) is 10.7. The van der Waals surface area contributed by atoms with Crippen molar-refractivity contribution >= 4 is 11.3 Å². The fourth-order valence-corrected chi connectivity index (χ4v) is 2.65. The Labute approximate surface area is 117 Å². The Balaban J connectivity index is 1.96. The molecule has 2 heterocycles. The molecular formula is C15H17NO2S. The van der Waals surface area contributed by atoms with Gasteiger partial charge in [0.15, 0.2) is 0 Å². The molecule has 0 radical (unpaired) electrons. The largest absolute Gasteiger partial charge is 0.468 e. The highest BCUT2D eigenvalue weighted by atomic mass is 32.1. The predicted molar refractivity (Wildman–Crippen MR) is 76.8 cm³/mol. The molecule has 0 aliphatic heterocycles. The zero-order valence-electron chi connectivity index (χ0n) is 10.9. The normalized spacial score (nSPS) is 10.5. The van der Waals surface area contributed by atoms with Gasteiger partial charge in [0.05, 0.1) is 12.8 Å². The van der Waals surface area contributed by atoms with Crippen LogP contribution >= 0.6 is 11.3 Å². The van der Waals surface area contributed by atoms with E-state index in [1.165, 1.54) is 4.88 Å². The van der Waals surface area contributed by atoms with Gasteiger partial charge in [-0.05, 0) is 24.7 Å². The molecule has 19 heavy (non-hydrogen) atoms. The molecule has 1 N–H and O–H groups in total. The molecule has 0 spiro atoms. The Bertz CT molecular complexity index is 548. The number of nitrogens with zero attached hydrogens (tertiary/aromatic N) is 1. The molecular weight excluding hydrogens is 258 g/mol. The van der Waals surface area contributed by atoms with Crippen LogP contribution in [-0.2, 0) is 13.1 Å². The average molecular weight is 275 g/mol. The minimum atomic E-state index is -0.0925. The summed E-state index contributed by atoms with van der Waals surface area (Å²) >= 11 is 1.70. The van der Waals surface area contributed by atoms with Crippen LogP contribution < -0.4 is 0 Å². The maximum atomic E-state index is 8.67. The highest BCUT2D eigenvalue weighted by Gasteiger charge is 2.08. The molecule has 0 saturated carbocycles. The molecule has 0 fully saturated rings. The van der Waals surface area contributed by atoms with E-state index < -0.39 is 0 Å². The van der Waals surface area contributed by atoms with Gasteiger partial charge in [-0.25, -0.2) is 0 Å². The Hall–Kier alpha value is -1.54. The molecule has 0 amide bonds. The van der Waals surface area contributed by atoms with Gasteiger partial charge < -0.3 is 9.52 Å². The second kappa shape index (κ2) is 7.15. The number of furan rings is 1. The Morgan fingerprint density at radius 3 is 3.00 bits per heavy atom. The van der Waals surface area contributed by atoms with E-state index in [1.807, 2.05) is 17.5 Å². The molecule has 2 rings (SSSR count). The lowest BCUT2D eigenvalue weighted by atomic mass is 10.3. The van der Waals surface area contributed by atoms with E-state index >= 15 is 0 Å². The molecule has 0 saturated heterocycles. The van der Waals surface area contributed by atoms with E-state index in [0.717, 1.165) is 31.0 Å². The van der Waals surface area contributed by atoms with Gasteiger partial charge in [0.2, 0.25) is 0 Å². The van der Waals surface area contributed by atoms with Gasteiger partial charge in [-0.15, -0.1) is 11.3 Å². The van der Waals surface area contributed by atoms with Gasteiger partial charge in [0.25, 0.3) is 0 Å². The summed E-state index contributed by atoms with van der Waals surface area (Å²) in [6.07, 6.45) is 1.71. The quantitative estimate of drug-likeness (QED) is 0.852. The summed E-state index contributed by atoms with van der Waals surface area (Å²) in [6.45, 7) is 4.73. The summed E-state index contributed by atoms with van der Waals surface area (Å²) in [6, 6.07) is 5.99. The maximum Gasteiger partial charge on any atom is 0.117 e. The number of hydrogen-bond donors (Lipinski definition) is 1. The zero-order valence-corrected chi connectivity index (χ0v) is 11.7. The Morgan fingerprint density at radius 1 is 1.42 bits per heavy atom. The van der Waals surface area contributed by atoms with Crippen molar-refractivity contribution in [1.29, 1.82) is 0 Å². The van der Waals surface area contributed by atoms with E-state index in [9.17, 15) is 0 Å². The highest BCUT2D eigenvalue weighted by molar-refractivity contribution is 7.10. The minimum absolute atomic E-state index is 0.0925. The van der Waals surface area contributed by atoms with E-state index in [4.69, 9.17) is 9.52 Å². The van der Waals surface area contributed by atoms with Gasteiger partial charge in [-0.2, -0.15) is 0 Å². The first kappa shape index (κ1) is 13.9. The van der Waals surface area contributed by atoms with Crippen LogP contribution in [0.25, 0.3) is 0 Å². The first-order chi connectivity index (χ1) is 9.31. The Morgan fingerprint density at radius 2 is 2.32 bits per heavy atom. The third-order valence-corrected chi connectivity index (χ3v) is 3.67. The molecule has 0 aliphatic rings. The molecule has 3 nitrogen and oxygen atoms in total. The second-order valence-electron chi connectivity index (χ2n) is 4.14. The topological polar surface area (TPSA) is 36.6 Å². The average Bonchev–Trinajstić information content (AvgIpc) is 3.07. The van der Waals surface area contributed by atoms with Crippen LogP contribution in [0.15, 0.2) is 34.3 Å². The van der Waals surface area contributed by atoms with Crippen LogP contribution in [0.4, 0.5) is 0 Å². The smallest absolute Gasteiger partial charge is 0.117 e. The van der Waals surface area contributed by atoms with Gasteiger partial charge >= 0.3 is 0 Å². The molecule has 0 bridgehead atoms. The van der Waals surface area contributed by atoms with Crippen molar-refractivity contribution in [3.05, 3.63) is 46.0 Å². The SMILES string of the molecule is CCN(Cc1ccco1)Cc1cc(C#CCO)cs1. The van der Waals surface area contributed by atoms with Crippen molar-refractivity contribution in [2.24, 2.45) is 0 Å². The highest BCUT2D eigenvalue weighted by Crippen LogP contribution is 2.17. The number of thiophene rings is 1. The molecule has 2 aromatic heterocycles. The molecule has 0 aromatic carbocycles. The van der Waals surface area contributed by atoms with Gasteiger partial charge in [0, 0.05) is 22.4 Å². The summed E-state index contributed by atoms with van der Waals surface area (Å²) in [5.74, 6) is 6.57. The summed E-state index contributed by atoms with van der Waals surface area (Å²) in [4.78, 5) is 3.59. The van der Waals surface area contributed by atoms with Crippen LogP contribution in [0.3, 0.4) is 0 Å². The maximum absolute atomic E-state index is 8.67. The van der Waals surface area contributed by atoms with Crippen LogP contribution in [0.5, 0.6) is 0 Å². The number of aliphatic hydroxyl groups is 1. The van der Waals surface area contributed by atoms with Crippen LogP contribution in [0.2, 0.25) is 0 Å². The minimum Gasteiger partial charge on any atom is -0.468 e. The second-order valence-corrected chi connectivity index (χ2v) is 5.14. The van der Waals surface area contributed by atoms with Crippen molar-refractivity contribution in [3.63, 3.8) is 0 Å². The summed E-state index contributed by atoms with van der Waals surface area (Å²) < 4.78 is 5.37. The predicted octanol–water partition coefficient (Wildman–Crippen LogP) is 2.71. The lowest BCUT2D eigenvalue weighted by molar-refractivity contribution is 0.250. The molecule has 0 aliphatic carbocycles. The standard InChI is InChI=1S/C15H17NO2S/c1-2-16(10-14-6-4-8-18-14)11-15-9-13(12-19-15)5-3-7-17/h4,6,8-9,12,17H,2,7,10-11H2,1H3. The Kier molecular flexibility index (Phi) is 5.22. The molecule has 100 valence electrons. The fourth-order valence-electron chi connectivity index (χ4n) is 1.79. The van der Waals surface area contributed by atoms with Gasteiger partial charge in [0.1, 0.15) is 12.4 Å². The zero-order chi connectivity index (χ0) is 13.5. The van der Waals surface area contributed by atoms with Crippen molar-refractivity contribution in [3.8, 4) is 11.8 Å². The van der Waals surface area contributed by atoms with Crippen LogP contribution in [-0.4, -0.2) is 23.2 Å². The van der Waals surface area contributed by atoms with E-state index in [1.54, 1.807) is 17.6 Å². The molecule has 0 unspecified atom stereocenters.